The summed E-state index contributed by atoms with van der Waals surface area (Å²) in [5.74, 6) is -2.09. The maximum Gasteiger partial charge on any atom is 0.275 e. The number of benzene rings is 1. The van der Waals surface area contributed by atoms with Gasteiger partial charge in [0.1, 0.15) is 34.6 Å². The Labute approximate surface area is 186 Å². The lowest BCUT2D eigenvalue weighted by molar-refractivity contribution is -0.0363. The first-order valence-corrected chi connectivity index (χ1v) is 10.9. The summed E-state index contributed by atoms with van der Waals surface area (Å²) in [6.45, 7) is 1.62. The summed E-state index contributed by atoms with van der Waals surface area (Å²) < 4.78 is 49.8. The number of amides is 1. The predicted octanol–water partition coefficient (Wildman–Crippen LogP) is 3.98. The van der Waals surface area contributed by atoms with Crippen LogP contribution in [0.15, 0.2) is 29.8 Å². The largest absolute Gasteiger partial charge is 0.366 e. The van der Waals surface area contributed by atoms with Gasteiger partial charge in [0, 0.05) is 18.5 Å². The quantitative estimate of drug-likeness (QED) is 0.608. The smallest absolute Gasteiger partial charge is 0.275 e. The Balaban J connectivity index is 1.56. The van der Waals surface area contributed by atoms with E-state index >= 15 is 0 Å². The number of ether oxygens (including phenoxy) is 1. The maximum absolute atomic E-state index is 14.3. The van der Waals surface area contributed by atoms with Crippen LogP contribution in [0.5, 0.6) is 0 Å². The molecule has 0 radical (unpaired) electrons. The summed E-state index contributed by atoms with van der Waals surface area (Å²) >= 11 is 0.958. The Morgan fingerprint density at radius 3 is 2.75 bits per heavy atom. The molecule has 7 nitrogen and oxygen atoms in total. The number of alkyl halides is 1. The molecule has 2 aromatic heterocycles. The van der Waals surface area contributed by atoms with Crippen LogP contribution >= 0.6 is 11.3 Å². The summed E-state index contributed by atoms with van der Waals surface area (Å²) in [5.41, 5.74) is 6.56. The summed E-state index contributed by atoms with van der Waals surface area (Å²) in [6.07, 6.45) is -0.188. The van der Waals surface area contributed by atoms with E-state index in [1.165, 1.54) is 17.6 Å². The third-order valence-electron chi connectivity index (χ3n) is 5.45. The molecule has 170 valence electrons. The van der Waals surface area contributed by atoms with Gasteiger partial charge in [-0.2, -0.15) is 5.10 Å². The molecule has 0 saturated carbocycles. The van der Waals surface area contributed by atoms with E-state index in [0.717, 1.165) is 23.5 Å². The number of nitrogens with one attached hydrogen (secondary N) is 1. The fourth-order valence-corrected chi connectivity index (χ4v) is 4.61. The normalized spacial score (nSPS) is 23.7. The molecule has 0 bridgehead atoms. The molecule has 3 aromatic rings. The average molecular weight is 466 g/mol. The number of hydrogen-bond donors (Lipinski definition) is 2. The summed E-state index contributed by atoms with van der Waals surface area (Å²) in [6, 6.07) is 2.88. The van der Waals surface area contributed by atoms with Gasteiger partial charge in [-0.3, -0.25) is 9.48 Å². The zero-order chi connectivity index (χ0) is 23.0. The Morgan fingerprint density at radius 1 is 1.31 bits per heavy atom. The molecule has 1 amide bonds. The molecular formula is C21H22F3N5O2S. The monoisotopic (exact) mass is 465 g/mol. The van der Waals surface area contributed by atoms with Gasteiger partial charge in [0.2, 0.25) is 0 Å². The van der Waals surface area contributed by atoms with Gasteiger partial charge >= 0.3 is 0 Å². The van der Waals surface area contributed by atoms with Crippen LogP contribution in [-0.4, -0.2) is 39.0 Å². The molecule has 1 aliphatic rings. The molecule has 1 aliphatic heterocycles. The topological polar surface area (TPSA) is 95.1 Å². The molecule has 4 atom stereocenters. The molecule has 3 N–H and O–H groups in total. The number of hydrogen-bond acceptors (Lipinski definition) is 6. The van der Waals surface area contributed by atoms with Gasteiger partial charge in [-0.15, -0.1) is 11.3 Å². The number of carbonyl (C=O) groups excluding carboxylic acids is 1. The van der Waals surface area contributed by atoms with Gasteiger partial charge in [-0.25, -0.2) is 18.2 Å². The Morgan fingerprint density at radius 2 is 2.03 bits per heavy atom. The van der Waals surface area contributed by atoms with Gasteiger partial charge in [0.05, 0.1) is 29.2 Å². The predicted molar refractivity (Wildman–Crippen MR) is 114 cm³/mol. The van der Waals surface area contributed by atoms with Crippen LogP contribution in [0, 0.1) is 11.6 Å². The number of nitrogens with zero attached hydrogens (tertiary/aromatic N) is 3. The highest BCUT2D eigenvalue weighted by Crippen LogP contribution is 2.35. The van der Waals surface area contributed by atoms with E-state index in [0.29, 0.717) is 24.2 Å². The van der Waals surface area contributed by atoms with Gasteiger partial charge in [0.25, 0.3) is 5.91 Å². The van der Waals surface area contributed by atoms with Crippen molar-refractivity contribution in [1.29, 1.82) is 0 Å². The van der Waals surface area contributed by atoms with E-state index < -0.39 is 42.0 Å². The van der Waals surface area contributed by atoms with Gasteiger partial charge in [0.15, 0.2) is 0 Å². The Kier molecular flexibility index (Phi) is 6.31. The Bertz CT molecular complexity index is 1110. The van der Waals surface area contributed by atoms with Gasteiger partial charge in [-0.1, -0.05) is 6.07 Å². The first-order valence-electron chi connectivity index (χ1n) is 10.0. The van der Waals surface area contributed by atoms with Crippen LogP contribution in [0.1, 0.15) is 42.1 Å². The van der Waals surface area contributed by atoms with Crippen molar-refractivity contribution in [2.24, 2.45) is 12.8 Å². The molecule has 1 aromatic carbocycles. The van der Waals surface area contributed by atoms with Crippen LogP contribution in [0.2, 0.25) is 0 Å². The second-order valence-corrected chi connectivity index (χ2v) is 8.53. The van der Waals surface area contributed by atoms with E-state index in [1.54, 1.807) is 18.7 Å². The second-order valence-electron chi connectivity index (χ2n) is 7.67. The van der Waals surface area contributed by atoms with Crippen LogP contribution in [0.25, 0.3) is 10.6 Å². The number of thiazole rings is 1. The SMILES string of the molecule is C[C@@H]1O[C@H](c2c(NC(=O)c3csc(-c4c(F)cccc4F)n3)cnn2C)CC[C@@H](N)[C@H]1F. The molecule has 3 heterocycles. The van der Waals surface area contributed by atoms with Crippen molar-refractivity contribution in [2.75, 3.05) is 5.32 Å². The number of halogens is 3. The lowest BCUT2D eigenvalue weighted by atomic mass is 10.0. The van der Waals surface area contributed by atoms with Crippen molar-refractivity contribution in [3.05, 3.63) is 52.8 Å². The lowest BCUT2D eigenvalue weighted by Gasteiger charge is -2.22. The summed E-state index contributed by atoms with van der Waals surface area (Å²) in [4.78, 5) is 16.9. The van der Waals surface area contributed by atoms with Crippen LogP contribution in [0.3, 0.4) is 0 Å². The molecule has 1 fully saturated rings. The minimum atomic E-state index is -1.29. The standard InChI is InChI=1S/C21H22F3N5O2S/c1-10-18(24)13(25)6-7-16(31-10)19-14(8-26-29(19)2)27-20(30)15-9-32-21(28-15)17-11(22)4-3-5-12(17)23/h3-5,8-10,13,16,18H,6-7,25H2,1-2H3,(H,27,30)/t10-,13+,16-,18-/m0/s1. The number of aromatic nitrogens is 3. The van der Waals surface area contributed by atoms with Crippen molar-refractivity contribution in [3.63, 3.8) is 0 Å². The highest BCUT2D eigenvalue weighted by molar-refractivity contribution is 7.13. The second kappa shape index (κ2) is 9.00. The first-order chi connectivity index (χ1) is 15.3. The van der Waals surface area contributed by atoms with E-state index in [-0.39, 0.29) is 16.3 Å². The number of anilines is 1. The fourth-order valence-electron chi connectivity index (χ4n) is 3.76. The number of carbonyl (C=O) groups is 1. The maximum atomic E-state index is 14.3. The number of rotatable bonds is 4. The van der Waals surface area contributed by atoms with Crippen molar-refractivity contribution >= 4 is 22.9 Å². The van der Waals surface area contributed by atoms with Crippen molar-refractivity contribution in [2.45, 2.75) is 44.2 Å². The van der Waals surface area contributed by atoms with Gasteiger partial charge < -0.3 is 15.8 Å². The zero-order valence-electron chi connectivity index (χ0n) is 17.4. The Hall–Kier alpha value is -2.76. The van der Waals surface area contributed by atoms with E-state index in [9.17, 15) is 18.0 Å². The minimum Gasteiger partial charge on any atom is -0.366 e. The van der Waals surface area contributed by atoms with Gasteiger partial charge in [-0.05, 0) is 31.9 Å². The average Bonchev–Trinajstić information content (AvgIpc) is 3.34. The lowest BCUT2D eigenvalue weighted by Crippen LogP contribution is -2.37. The highest BCUT2D eigenvalue weighted by Gasteiger charge is 2.34. The third kappa shape index (κ3) is 4.27. The molecule has 4 rings (SSSR count). The van der Waals surface area contributed by atoms with E-state index in [4.69, 9.17) is 10.5 Å². The number of aryl methyl sites for hydroxylation is 1. The first kappa shape index (κ1) is 22.4. The molecular weight excluding hydrogens is 443 g/mol. The fraction of sp³-hybridized carbons (Fsp3) is 0.381. The summed E-state index contributed by atoms with van der Waals surface area (Å²) in [7, 11) is 1.69. The summed E-state index contributed by atoms with van der Waals surface area (Å²) in [5, 5.41) is 8.39. The van der Waals surface area contributed by atoms with Crippen molar-refractivity contribution in [1.82, 2.24) is 14.8 Å². The molecule has 32 heavy (non-hydrogen) atoms. The highest BCUT2D eigenvalue weighted by atomic mass is 32.1. The minimum absolute atomic E-state index is 0.00320. The van der Waals surface area contributed by atoms with Crippen molar-refractivity contribution in [3.8, 4) is 10.6 Å². The zero-order valence-corrected chi connectivity index (χ0v) is 18.2. The third-order valence-corrected chi connectivity index (χ3v) is 6.31. The molecule has 11 heteroatoms. The van der Waals surface area contributed by atoms with Crippen LogP contribution in [-0.2, 0) is 11.8 Å². The van der Waals surface area contributed by atoms with Crippen LogP contribution in [0.4, 0.5) is 18.9 Å². The molecule has 0 unspecified atom stereocenters. The molecule has 1 saturated heterocycles. The molecule has 0 spiro atoms. The van der Waals surface area contributed by atoms with E-state index in [1.807, 2.05) is 0 Å². The number of nitrogens with two attached hydrogens (primary N) is 1. The van der Waals surface area contributed by atoms with E-state index in [2.05, 4.69) is 15.4 Å². The van der Waals surface area contributed by atoms with Crippen LogP contribution < -0.4 is 11.1 Å². The van der Waals surface area contributed by atoms with Crippen molar-refractivity contribution < 1.29 is 22.7 Å². The molecule has 0 aliphatic carbocycles.